The predicted molar refractivity (Wildman–Crippen MR) is 74.5 cm³/mol. The first-order chi connectivity index (χ1) is 9.15. The van der Waals surface area contributed by atoms with Crippen molar-refractivity contribution < 1.29 is 14.6 Å². The van der Waals surface area contributed by atoms with Crippen molar-refractivity contribution in [2.24, 2.45) is 5.73 Å². The molecule has 0 unspecified atom stereocenters. The molecule has 5 heteroatoms. The van der Waals surface area contributed by atoms with Gasteiger partial charge in [-0.05, 0) is 18.6 Å². The number of unbranched alkanes of at least 4 members (excludes halogenated alkanes) is 1. The van der Waals surface area contributed by atoms with Gasteiger partial charge in [0.05, 0.1) is 12.7 Å². The number of rotatable bonds is 7. The van der Waals surface area contributed by atoms with E-state index in [0.717, 1.165) is 12.8 Å². The Kier molecular flexibility index (Phi) is 6.15. The van der Waals surface area contributed by atoms with Crippen molar-refractivity contribution in [1.82, 2.24) is 4.90 Å². The van der Waals surface area contributed by atoms with Crippen molar-refractivity contribution in [1.29, 1.82) is 0 Å². The van der Waals surface area contributed by atoms with Crippen molar-refractivity contribution >= 4 is 5.91 Å². The number of benzene rings is 1. The lowest BCUT2D eigenvalue weighted by molar-refractivity contribution is 0.0754. The molecule has 0 saturated heterocycles. The summed E-state index contributed by atoms with van der Waals surface area (Å²) in [5.74, 6) is -0.0298. The Morgan fingerprint density at radius 2 is 2.16 bits per heavy atom. The second-order valence-electron chi connectivity index (χ2n) is 4.29. The zero-order valence-electron chi connectivity index (χ0n) is 11.6. The molecule has 0 bridgehead atoms. The molecule has 0 heterocycles. The van der Waals surface area contributed by atoms with Gasteiger partial charge in [0.25, 0.3) is 5.91 Å². The second-order valence-corrected chi connectivity index (χ2v) is 4.29. The molecule has 106 valence electrons. The van der Waals surface area contributed by atoms with Gasteiger partial charge in [0, 0.05) is 19.6 Å². The highest BCUT2D eigenvalue weighted by molar-refractivity contribution is 5.97. The molecule has 1 aromatic carbocycles. The number of methoxy groups -OCH3 is 1. The first-order valence-electron chi connectivity index (χ1n) is 6.51. The van der Waals surface area contributed by atoms with E-state index in [0.29, 0.717) is 25.4 Å². The first kappa shape index (κ1) is 15.3. The van der Waals surface area contributed by atoms with Crippen molar-refractivity contribution in [3.63, 3.8) is 0 Å². The second kappa shape index (κ2) is 7.63. The quantitative estimate of drug-likeness (QED) is 0.786. The third-order valence-corrected chi connectivity index (χ3v) is 2.92. The molecule has 0 fully saturated rings. The Balaban J connectivity index is 2.95. The minimum Gasteiger partial charge on any atom is -0.504 e. The Morgan fingerprint density at radius 1 is 1.42 bits per heavy atom. The fourth-order valence-corrected chi connectivity index (χ4v) is 1.85. The van der Waals surface area contributed by atoms with Crippen LogP contribution in [0.1, 0.15) is 30.1 Å². The number of ether oxygens (including phenoxy) is 1. The Hall–Kier alpha value is -1.75. The van der Waals surface area contributed by atoms with Crippen LogP contribution in [0.3, 0.4) is 0 Å². The van der Waals surface area contributed by atoms with Gasteiger partial charge in [0.1, 0.15) is 0 Å². The van der Waals surface area contributed by atoms with E-state index >= 15 is 0 Å². The summed E-state index contributed by atoms with van der Waals surface area (Å²) in [5, 5.41) is 10.00. The summed E-state index contributed by atoms with van der Waals surface area (Å²) in [6.45, 7) is 3.59. The number of carbonyl (C=O) groups excluding carboxylic acids is 1. The average Bonchev–Trinajstić information content (AvgIpc) is 2.43. The number of nitrogens with zero attached hydrogens (tertiary/aromatic N) is 1. The maximum Gasteiger partial charge on any atom is 0.257 e. The molecule has 19 heavy (non-hydrogen) atoms. The minimum absolute atomic E-state index is 0.117. The number of hydrogen-bond acceptors (Lipinski definition) is 4. The van der Waals surface area contributed by atoms with Crippen LogP contribution < -0.4 is 10.5 Å². The van der Waals surface area contributed by atoms with Gasteiger partial charge in [-0.2, -0.15) is 0 Å². The van der Waals surface area contributed by atoms with Gasteiger partial charge in [0.15, 0.2) is 11.5 Å². The van der Waals surface area contributed by atoms with E-state index in [2.05, 4.69) is 6.92 Å². The summed E-state index contributed by atoms with van der Waals surface area (Å²) >= 11 is 0. The minimum atomic E-state index is -0.213. The number of phenolic OH excluding ortho intramolecular Hbond substituents is 1. The first-order valence-corrected chi connectivity index (χ1v) is 6.51. The van der Waals surface area contributed by atoms with Crippen LogP contribution in [0.15, 0.2) is 18.2 Å². The Bertz CT molecular complexity index is 421. The molecular weight excluding hydrogens is 244 g/mol. The van der Waals surface area contributed by atoms with Gasteiger partial charge in [-0.3, -0.25) is 4.79 Å². The average molecular weight is 266 g/mol. The lowest BCUT2D eigenvalue weighted by Crippen LogP contribution is -2.36. The molecular formula is C14H22N2O3. The van der Waals surface area contributed by atoms with Gasteiger partial charge >= 0.3 is 0 Å². The molecule has 0 aromatic heterocycles. The zero-order valence-corrected chi connectivity index (χ0v) is 11.6. The summed E-state index contributed by atoms with van der Waals surface area (Å²) in [5.41, 5.74) is 5.78. The van der Waals surface area contributed by atoms with Crippen LogP contribution in [0, 0.1) is 0 Å². The van der Waals surface area contributed by atoms with Crippen molar-refractivity contribution in [2.45, 2.75) is 19.8 Å². The number of aromatic hydroxyl groups is 1. The summed E-state index contributed by atoms with van der Waals surface area (Å²) in [6.07, 6.45) is 1.91. The SMILES string of the molecule is CCCCN(CCN)C(=O)c1cccc(OC)c1O. The van der Waals surface area contributed by atoms with E-state index in [1.807, 2.05) is 0 Å². The maximum atomic E-state index is 12.4. The highest BCUT2D eigenvalue weighted by atomic mass is 16.5. The van der Waals surface area contributed by atoms with E-state index < -0.39 is 0 Å². The number of phenols is 1. The van der Waals surface area contributed by atoms with Gasteiger partial charge in [-0.25, -0.2) is 0 Å². The van der Waals surface area contributed by atoms with Crippen LogP contribution in [-0.2, 0) is 0 Å². The van der Waals surface area contributed by atoms with Crippen LogP contribution in [0.5, 0.6) is 11.5 Å². The number of amides is 1. The van der Waals surface area contributed by atoms with E-state index in [1.54, 1.807) is 23.1 Å². The predicted octanol–water partition coefficient (Wildman–Crippen LogP) is 1.60. The smallest absolute Gasteiger partial charge is 0.257 e. The molecule has 5 nitrogen and oxygen atoms in total. The maximum absolute atomic E-state index is 12.4. The van der Waals surface area contributed by atoms with Crippen molar-refractivity contribution in [3.05, 3.63) is 23.8 Å². The topological polar surface area (TPSA) is 75.8 Å². The number of nitrogens with two attached hydrogens (primary N) is 1. The Morgan fingerprint density at radius 3 is 2.74 bits per heavy atom. The molecule has 1 rings (SSSR count). The van der Waals surface area contributed by atoms with Crippen molar-refractivity contribution in [2.75, 3.05) is 26.7 Å². The lowest BCUT2D eigenvalue weighted by Gasteiger charge is -2.22. The molecule has 1 amide bonds. The molecule has 0 aliphatic carbocycles. The van der Waals surface area contributed by atoms with E-state index in [4.69, 9.17) is 10.5 Å². The van der Waals surface area contributed by atoms with Crippen LogP contribution in [0.25, 0.3) is 0 Å². The molecule has 0 aliphatic rings. The van der Waals surface area contributed by atoms with Crippen LogP contribution in [0.4, 0.5) is 0 Å². The zero-order chi connectivity index (χ0) is 14.3. The highest BCUT2D eigenvalue weighted by Crippen LogP contribution is 2.30. The monoisotopic (exact) mass is 266 g/mol. The fourth-order valence-electron chi connectivity index (χ4n) is 1.85. The third-order valence-electron chi connectivity index (χ3n) is 2.92. The van der Waals surface area contributed by atoms with E-state index in [1.165, 1.54) is 7.11 Å². The van der Waals surface area contributed by atoms with Gasteiger partial charge in [-0.1, -0.05) is 19.4 Å². The van der Waals surface area contributed by atoms with E-state index in [9.17, 15) is 9.90 Å². The van der Waals surface area contributed by atoms with Crippen LogP contribution in [0.2, 0.25) is 0 Å². The number of carbonyl (C=O) groups is 1. The van der Waals surface area contributed by atoms with Gasteiger partial charge in [-0.15, -0.1) is 0 Å². The summed E-state index contributed by atoms with van der Waals surface area (Å²) in [4.78, 5) is 14.0. The van der Waals surface area contributed by atoms with Crippen LogP contribution in [-0.4, -0.2) is 42.7 Å². The summed E-state index contributed by atoms with van der Waals surface area (Å²) in [6, 6.07) is 4.90. The number of hydrogen-bond donors (Lipinski definition) is 2. The van der Waals surface area contributed by atoms with Crippen LogP contribution >= 0.6 is 0 Å². The summed E-state index contributed by atoms with van der Waals surface area (Å²) in [7, 11) is 1.46. The highest BCUT2D eigenvalue weighted by Gasteiger charge is 2.20. The number of para-hydroxylation sites is 1. The molecule has 0 radical (unpaired) electrons. The molecule has 0 saturated carbocycles. The standard InChI is InChI=1S/C14H22N2O3/c1-3-4-9-16(10-8-15)14(18)11-6-5-7-12(19-2)13(11)17/h5-7,17H,3-4,8-10,15H2,1-2H3. The molecule has 1 aromatic rings. The summed E-state index contributed by atoms with van der Waals surface area (Å²) < 4.78 is 5.01. The van der Waals surface area contributed by atoms with Crippen molar-refractivity contribution in [3.8, 4) is 11.5 Å². The molecule has 3 N–H and O–H groups in total. The van der Waals surface area contributed by atoms with E-state index in [-0.39, 0.29) is 17.2 Å². The molecule has 0 atom stereocenters. The largest absolute Gasteiger partial charge is 0.504 e. The van der Waals surface area contributed by atoms with Gasteiger partial charge in [0.2, 0.25) is 0 Å². The van der Waals surface area contributed by atoms with Gasteiger partial charge < -0.3 is 20.5 Å². The lowest BCUT2D eigenvalue weighted by atomic mass is 10.1. The molecule has 0 aliphatic heterocycles. The normalized spacial score (nSPS) is 10.3. The fraction of sp³-hybridized carbons (Fsp3) is 0.500. The molecule has 0 spiro atoms. The third kappa shape index (κ3) is 3.86. The Labute approximate surface area is 114 Å².